The number of carbonyl (C=O) groups is 5. The number of aromatic nitrogens is 2. The number of thioether (sulfide) groups is 1. The number of nitrogens with two attached hydrogens (primary N) is 1. The number of likely N-dealkylation sites (tertiary alicyclic amines) is 1. The summed E-state index contributed by atoms with van der Waals surface area (Å²) in [5.74, 6) is -3.26. The summed E-state index contributed by atoms with van der Waals surface area (Å²) in [4.78, 5) is 71.6. The number of nitrogens with zero attached hydrogens (tertiary/aromatic N) is 6. The van der Waals surface area contributed by atoms with Crippen LogP contribution in [-0.4, -0.2) is 126 Å². The summed E-state index contributed by atoms with van der Waals surface area (Å²) in [7, 11) is 3.35. The maximum absolute atomic E-state index is 13.2. The highest BCUT2D eigenvalue weighted by Gasteiger charge is 2.54. The highest BCUT2D eigenvalue weighted by molar-refractivity contribution is 8.00. The second-order valence-corrected chi connectivity index (χ2v) is 11.8. The van der Waals surface area contributed by atoms with E-state index in [2.05, 4.69) is 25.1 Å². The molecule has 0 aromatic carbocycles. The van der Waals surface area contributed by atoms with Crippen molar-refractivity contribution in [3.63, 3.8) is 0 Å². The van der Waals surface area contributed by atoms with Gasteiger partial charge in [-0.05, 0) is 24.5 Å². The number of allylic oxidation sites excluding steroid dienone is 1. The summed E-state index contributed by atoms with van der Waals surface area (Å²) in [6, 6.07) is -1.62. The first kappa shape index (κ1) is 28.5. The van der Waals surface area contributed by atoms with Crippen LogP contribution >= 0.6 is 23.3 Å². The van der Waals surface area contributed by atoms with Gasteiger partial charge in [0.05, 0.1) is 6.04 Å². The number of carboxylic acids is 1. The molecule has 18 heteroatoms. The van der Waals surface area contributed by atoms with Crippen molar-refractivity contribution in [1.29, 1.82) is 0 Å². The van der Waals surface area contributed by atoms with E-state index in [0.29, 0.717) is 37.1 Å². The number of amides is 4. The molecule has 41 heavy (non-hydrogen) atoms. The van der Waals surface area contributed by atoms with Crippen LogP contribution in [0, 0.1) is 0 Å². The van der Waals surface area contributed by atoms with E-state index < -0.39 is 34.9 Å². The Morgan fingerprint density at radius 2 is 2.05 bits per heavy atom. The predicted molar refractivity (Wildman–Crippen MR) is 146 cm³/mol. The van der Waals surface area contributed by atoms with Gasteiger partial charge in [-0.25, -0.2) is 4.79 Å². The Bertz CT molecular complexity index is 1420. The lowest BCUT2D eigenvalue weighted by molar-refractivity contribution is -0.150. The molecule has 4 aliphatic heterocycles. The molecule has 218 valence electrons. The molecule has 0 bridgehead atoms. The molecule has 5 heterocycles. The van der Waals surface area contributed by atoms with Crippen LogP contribution in [0.15, 0.2) is 28.1 Å². The number of β-lactam (4-membered cyclic amide) rings is 1. The smallest absolute Gasteiger partial charge is 0.352 e. The summed E-state index contributed by atoms with van der Waals surface area (Å²) in [5, 5.41) is 27.1. The summed E-state index contributed by atoms with van der Waals surface area (Å²) >= 11 is 2.02. The highest BCUT2D eigenvalue weighted by atomic mass is 32.2. The predicted octanol–water partition coefficient (Wildman–Crippen LogP) is -1.99. The van der Waals surface area contributed by atoms with Gasteiger partial charge in [0.25, 0.3) is 11.8 Å². The molecule has 6 N–H and O–H groups in total. The van der Waals surface area contributed by atoms with E-state index in [1.54, 1.807) is 19.0 Å². The second kappa shape index (κ2) is 11.1. The quantitative estimate of drug-likeness (QED) is 0.0749. The summed E-state index contributed by atoms with van der Waals surface area (Å²) in [5.41, 5.74) is 5.46. The SMILES string of the molecule is CN(C)C(=O)[C@H]1C[C@H](N2CCC(=CC3=C(C(=O)O)N4C(=O)[C@@H](NC(=O)C(=NO)c5nsc(N)n5)[C@H]4SC3)C2=O)CN1. The molecule has 4 amide bonds. The zero-order valence-corrected chi connectivity index (χ0v) is 23.6. The third-order valence-electron chi connectivity index (χ3n) is 7.25. The number of hydrogen-bond acceptors (Lipinski definition) is 13. The third kappa shape index (κ3) is 5.13. The lowest BCUT2D eigenvalue weighted by atomic mass is 10.0. The number of fused-ring (bicyclic) bond motifs is 1. The molecular weight excluding hydrogens is 578 g/mol. The van der Waals surface area contributed by atoms with Gasteiger partial charge in [0.15, 0.2) is 5.13 Å². The van der Waals surface area contributed by atoms with Crippen molar-refractivity contribution >= 4 is 63.7 Å². The number of hydrogen-bond donors (Lipinski definition) is 5. The van der Waals surface area contributed by atoms with Crippen molar-refractivity contribution in [2.24, 2.45) is 5.16 Å². The average Bonchev–Trinajstić information content (AvgIpc) is 3.67. The molecule has 0 unspecified atom stereocenters. The highest BCUT2D eigenvalue weighted by Crippen LogP contribution is 2.41. The fourth-order valence-electron chi connectivity index (χ4n) is 5.27. The van der Waals surface area contributed by atoms with Crippen LogP contribution in [0.4, 0.5) is 5.13 Å². The van der Waals surface area contributed by atoms with Crippen LogP contribution < -0.4 is 16.4 Å². The summed E-state index contributed by atoms with van der Waals surface area (Å²) in [6.45, 7) is 0.921. The second-order valence-electron chi connectivity index (χ2n) is 9.95. The molecule has 3 fully saturated rings. The van der Waals surface area contributed by atoms with Crippen molar-refractivity contribution in [3.8, 4) is 0 Å². The number of nitrogens with one attached hydrogen (secondary N) is 2. The maximum Gasteiger partial charge on any atom is 0.352 e. The number of anilines is 1. The van der Waals surface area contributed by atoms with Crippen molar-refractivity contribution in [1.82, 2.24) is 34.7 Å². The molecule has 5 rings (SSSR count). The van der Waals surface area contributed by atoms with E-state index in [1.165, 1.54) is 22.7 Å². The van der Waals surface area contributed by atoms with Crippen LogP contribution in [-0.2, 0) is 24.0 Å². The number of rotatable bonds is 7. The van der Waals surface area contributed by atoms with E-state index in [-0.39, 0.29) is 46.3 Å². The Labute approximate surface area is 241 Å². The van der Waals surface area contributed by atoms with Gasteiger partial charge in [-0.1, -0.05) is 5.16 Å². The van der Waals surface area contributed by atoms with E-state index in [1.807, 2.05) is 0 Å². The number of aliphatic carboxylic acids is 1. The standard InChI is InChI=1S/C23H27N9O7S2/c1-30(2)19(35)12-6-11(7-25-12)31-4-3-9(18(31)34)5-10-8-40-21-14(20(36)32(21)15(10)22(37)38)26-17(33)13(28-39)16-27-23(24)41-29-16/h5,11-12,14,21,25,39H,3-4,6-8H2,1-2H3,(H,26,33)(H,37,38)(H2,24,27,29)/t11-,12+,14+,21+/m0/s1. The zero-order chi connectivity index (χ0) is 29.6. The lowest BCUT2D eigenvalue weighted by Crippen LogP contribution is -2.71. The fourth-order valence-corrected chi connectivity index (χ4v) is 7.01. The minimum Gasteiger partial charge on any atom is -0.477 e. The van der Waals surface area contributed by atoms with Gasteiger partial charge in [0, 0.05) is 56.1 Å². The number of likely N-dealkylation sites (N-methyl/N-ethyl adjacent to an activating group) is 1. The van der Waals surface area contributed by atoms with Crippen molar-refractivity contribution < 1.29 is 34.3 Å². The van der Waals surface area contributed by atoms with E-state index in [9.17, 15) is 34.3 Å². The Kier molecular flexibility index (Phi) is 7.71. The molecule has 1 aromatic heterocycles. The van der Waals surface area contributed by atoms with Crippen LogP contribution in [0.5, 0.6) is 0 Å². The minimum absolute atomic E-state index is 0.0490. The van der Waals surface area contributed by atoms with E-state index >= 15 is 0 Å². The van der Waals surface area contributed by atoms with Crippen LogP contribution in [0.3, 0.4) is 0 Å². The van der Waals surface area contributed by atoms with Crippen LogP contribution in [0.2, 0.25) is 0 Å². The fraction of sp³-hybridized carbons (Fsp3) is 0.478. The first-order chi connectivity index (χ1) is 19.5. The van der Waals surface area contributed by atoms with Crippen LogP contribution in [0.1, 0.15) is 18.7 Å². The van der Waals surface area contributed by atoms with Gasteiger partial charge >= 0.3 is 5.97 Å². The summed E-state index contributed by atoms with van der Waals surface area (Å²) < 4.78 is 3.82. The van der Waals surface area contributed by atoms with Crippen molar-refractivity contribution in [2.45, 2.75) is 36.3 Å². The molecule has 4 aliphatic rings. The van der Waals surface area contributed by atoms with Gasteiger partial charge in [-0.3, -0.25) is 24.1 Å². The Hall–Kier alpha value is -4.03. The number of oxime groups is 1. The molecular formula is C23H27N9O7S2. The molecule has 0 aliphatic carbocycles. The average molecular weight is 606 g/mol. The molecule has 16 nitrogen and oxygen atoms in total. The normalized spacial score (nSPS) is 27.3. The van der Waals surface area contributed by atoms with Gasteiger partial charge in [0.1, 0.15) is 17.1 Å². The van der Waals surface area contributed by atoms with Gasteiger partial charge in [0.2, 0.25) is 23.4 Å². The molecule has 3 saturated heterocycles. The number of carboxylic acid groups (broad SMARTS) is 1. The zero-order valence-electron chi connectivity index (χ0n) is 21.9. The van der Waals surface area contributed by atoms with Gasteiger partial charge in [-0.15, -0.1) is 11.8 Å². The van der Waals surface area contributed by atoms with E-state index in [4.69, 9.17) is 5.73 Å². The third-order valence-corrected chi connectivity index (χ3v) is 9.09. The van der Waals surface area contributed by atoms with Crippen molar-refractivity contribution in [2.75, 3.05) is 38.7 Å². The van der Waals surface area contributed by atoms with Gasteiger partial charge < -0.3 is 36.5 Å². The molecule has 0 spiro atoms. The molecule has 4 atom stereocenters. The Morgan fingerprint density at radius 3 is 2.68 bits per heavy atom. The van der Waals surface area contributed by atoms with Gasteiger partial charge in [-0.2, -0.15) is 9.36 Å². The Balaban J connectivity index is 1.29. The first-order valence-electron chi connectivity index (χ1n) is 12.5. The summed E-state index contributed by atoms with van der Waals surface area (Å²) in [6.07, 6.45) is 2.42. The minimum atomic E-state index is -1.34. The molecule has 1 aromatic rings. The van der Waals surface area contributed by atoms with Crippen LogP contribution in [0.25, 0.3) is 0 Å². The Morgan fingerprint density at radius 1 is 1.29 bits per heavy atom. The number of carbonyl (C=O) groups excluding carboxylic acids is 4. The van der Waals surface area contributed by atoms with Crippen molar-refractivity contribution in [3.05, 3.63) is 28.7 Å². The largest absolute Gasteiger partial charge is 0.477 e. The van der Waals surface area contributed by atoms with E-state index in [0.717, 1.165) is 16.4 Å². The first-order valence-corrected chi connectivity index (χ1v) is 14.3. The number of nitrogen functional groups attached to an aromatic ring is 1. The lowest BCUT2D eigenvalue weighted by Gasteiger charge is -2.49. The maximum atomic E-state index is 13.2. The monoisotopic (exact) mass is 605 g/mol. The topological polar surface area (TPSA) is 224 Å². The molecule has 0 radical (unpaired) electrons. The molecule has 0 saturated carbocycles.